The fourth-order valence-corrected chi connectivity index (χ4v) is 3.18. The molecule has 0 unspecified atom stereocenters. The molecule has 1 saturated carbocycles. The number of non-ortho nitro benzene ring substituents is 1. The van der Waals surface area contributed by atoms with Crippen LogP contribution in [0.1, 0.15) is 39.0 Å². The Morgan fingerprint density at radius 1 is 1.42 bits per heavy atom. The summed E-state index contributed by atoms with van der Waals surface area (Å²) in [6.45, 7) is 1.70. The van der Waals surface area contributed by atoms with Gasteiger partial charge in [0, 0.05) is 24.9 Å². The van der Waals surface area contributed by atoms with Gasteiger partial charge < -0.3 is 10.2 Å². The predicted octanol–water partition coefficient (Wildman–Crippen LogP) is 3.08. The van der Waals surface area contributed by atoms with Crippen LogP contribution >= 0.6 is 0 Å². The van der Waals surface area contributed by atoms with Crippen molar-refractivity contribution >= 4 is 17.3 Å². The SMILES string of the molecule is C[C@H](Nc1cccc([N+](=O)[O-])c1)C(=O)N(C)C1(C#N)CCCCC1. The number of rotatable bonds is 5. The summed E-state index contributed by atoms with van der Waals surface area (Å²) >= 11 is 0. The maximum absolute atomic E-state index is 12.7. The number of nitriles is 1. The van der Waals surface area contributed by atoms with Gasteiger partial charge in [-0.3, -0.25) is 14.9 Å². The Kier molecular flexibility index (Phi) is 5.39. The van der Waals surface area contributed by atoms with Crippen LogP contribution in [-0.4, -0.2) is 34.4 Å². The Morgan fingerprint density at radius 2 is 2.08 bits per heavy atom. The number of anilines is 1. The Morgan fingerprint density at radius 3 is 2.67 bits per heavy atom. The highest BCUT2D eigenvalue weighted by atomic mass is 16.6. The molecule has 0 saturated heterocycles. The Balaban J connectivity index is 2.10. The molecule has 0 aliphatic heterocycles. The van der Waals surface area contributed by atoms with E-state index in [-0.39, 0.29) is 11.6 Å². The van der Waals surface area contributed by atoms with Gasteiger partial charge in [0.05, 0.1) is 11.0 Å². The summed E-state index contributed by atoms with van der Waals surface area (Å²) in [7, 11) is 1.67. The first-order chi connectivity index (χ1) is 11.4. The quantitative estimate of drug-likeness (QED) is 0.660. The number of nitrogens with zero attached hydrogens (tertiary/aromatic N) is 3. The molecule has 0 heterocycles. The first-order valence-electron chi connectivity index (χ1n) is 8.09. The number of nitrogens with one attached hydrogen (secondary N) is 1. The van der Waals surface area contributed by atoms with Gasteiger partial charge in [0.25, 0.3) is 5.69 Å². The molecule has 7 nitrogen and oxygen atoms in total. The summed E-state index contributed by atoms with van der Waals surface area (Å²) in [5, 5.41) is 23.4. The number of nitro benzene ring substituents is 1. The van der Waals surface area contributed by atoms with Crippen LogP contribution in [0.3, 0.4) is 0 Å². The van der Waals surface area contributed by atoms with E-state index in [1.165, 1.54) is 12.1 Å². The van der Waals surface area contributed by atoms with Gasteiger partial charge in [-0.05, 0) is 25.8 Å². The molecular weight excluding hydrogens is 308 g/mol. The molecule has 1 aromatic rings. The largest absolute Gasteiger partial charge is 0.374 e. The van der Waals surface area contributed by atoms with Crippen molar-refractivity contribution in [2.75, 3.05) is 12.4 Å². The van der Waals surface area contributed by atoms with Gasteiger partial charge in [-0.15, -0.1) is 0 Å². The monoisotopic (exact) mass is 330 g/mol. The summed E-state index contributed by atoms with van der Waals surface area (Å²) in [5.41, 5.74) is -0.268. The van der Waals surface area contributed by atoms with Gasteiger partial charge in [0.15, 0.2) is 0 Å². The number of hydrogen-bond acceptors (Lipinski definition) is 5. The minimum atomic E-state index is -0.742. The van der Waals surface area contributed by atoms with Crippen LogP contribution in [-0.2, 0) is 4.79 Å². The zero-order chi connectivity index (χ0) is 17.7. The van der Waals surface area contributed by atoms with Crippen LogP contribution in [0.5, 0.6) is 0 Å². The lowest BCUT2D eigenvalue weighted by molar-refractivity contribution is -0.384. The molecular formula is C17H22N4O3. The molecule has 1 atom stereocenters. The van der Waals surface area contributed by atoms with E-state index < -0.39 is 16.5 Å². The molecule has 1 N–H and O–H groups in total. The lowest BCUT2D eigenvalue weighted by Crippen LogP contribution is -2.53. The number of likely N-dealkylation sites (N-methyl/N-ethyl adjacent to an activating group) is 1. The van der Waals surface area contributed by atoms with E-state index >= 15 is 0 Å². The summed E-state index contributed by atoms with van der Waals surface area (Å²) in [6.07, 6.45) is 4.35. The van der Waals surface area contributed by atoms with Crippen LogP contribution in [0.4, 0.5) is 11.4 Å². The van der Waals surface area contributed by atoms with Crippen molar-refractivity contribution in [3.8, 4) is 6.07 Å². The van der Waals surface area contributed by atoms with E-state index in [1.807, 2.05) is 0 Å². The fraction of sp³-hybridized carbons (Fsp3) is 0.529. The fourth-order valence-electron chi connectivity index (χ4n) is 3.18. The third-order valence-corrected chi connectivity index (χ3v) is 4.67. The summed E-state index contributed by atoms with van der Waals surface area (Å²) in [6, 6.07) is 7.79. The zero-order valence-electron chi connectivity index (χ0n) is 14.0. The van der Waals surface area contributed by atoms with Crippen molar-refractivity contribution in [2.45, 2.75) is 50.6 Å². The molecule has 0 bridgehead atoms. The van der Waals surface area contributed by atoms with E-state index in [2.05, 4.69) is 11.4 Å². The molecule has 7 heteroatoms. The molecule has 0 aromatic heterocycles. The Hall–Kier alpha value is -2.62. The highest BCUT2D eigenvalue weighted by Gasteiger charge is 2.40. The summed E-state index contributed by atoms with van der Waals surface area (Å²) in [4.78, 5) is 24.6. The van der Waals surface area contributed by atoms with Crippen LogP contribution in [0.2, 0.25) is 0 Å². The molecule has 1 aliphatic rings. The van der Waals surface area contributed by atoms with Crippen LogP contribution in [0.25, 0.3) is 0 Å². The van der Waals surface area contributed by atoms with Gasteiger partial charge in [-0.25, -0.2) is 0 Å². The first-order valence-corrected chi connectivity index (χ1v) is 8.09. The third kappa shape index (κ3) is 3.65. The summed E-state index contributed by atoms with van der Waals surface area (Å²) < 4.78 is 0. The van der Waals surface area contributed by atoms with E-state index in [0.717, 1.165) is 19.3 Å². The third-order valence-electron chi connectivity index (χ3n) is 4.67. The Bertz CT molecular complexity index is 662. The van der Waals surface area contributed by atoms with Gasteiger partial charge in [-0.1, -0.05) is 25.3 Å². The maximum Gasteiger partial charge on any atom is 0.271 e. The molecule has 1 fully saturated rings. The van der Waals surface area contributed by atoms with Crippen LogP contribution in [0.15, 0.2) is 24.3 Å². The number of benzene rings is 1. The van der Waals surface area contributed by atoms with Crippen LogP contribution in [0, 0.1) is 21.4 Å². The maximum atomic E-state index is 12.7. The highest BCUT2D eigenvalue weighted by molar-refractivity contribution is 5.85. The van der Waals surface area contributed by atoms with Gasteiger partial charge >= 0.3 is 0 Å². The number of hydrogen-bond donors (Lipinski definition) is 1. The number of amides is 1. The normalized spacial score (nSPS) is 17.4. The lowest BCUT2D eigenvalue weighted by atomic mass is 9.81. The zero-order valence-corrected chi connectivity index (χ0v) is 14.0. The molecule has 0 spiro atoms. The average Bonchev–Trinajstić information content (AvgIpc) is 2.61. The minimum absolute atomic E-state index is 0.0335. The van der Waals surface area contributed by atoms with E-state index in [1.54, 1.807) is 31.0 Å². The van der Waals surface area contributed by atoms with Crippen molar-refractivity contribution in [2.24, 2.45) is 0 Å². The van der Waals surface area contributed by atoms with E-state index in [9.17, 15) is 20.2 Å². The average molecular weight is 330 g/mol. The van der Waals surface area contributed by atoms with E-state index in [0.29, 0.717) is 18.5 Å². The number of carbonyl (C=O) groups is 1. The smallest absolute Gasteiger partial charge is 0.271 e. The molecule has 1 aliphatic carbocycles. The number of carbonyl (C=O) groups excluding carboxylic acids is 1. The molecule has 128 valence electrons. The van der Waals surface area contributed by atoms with Gasteiger partial charge in [-0.2, -0.15) is 5.26 Å². The number of nitro groups is 1. The summed E-state index contributed by atoms with van der Waals surface area (Å²) in [5.74, 6) is -0.190. The lowest BCUT2D eigenvalue weighted by Gasteiger charge is -2.40. The van der Waals surface area contributed by atoms with Crippen molar-refractivity contribution in [3.63, 3.8) is 0 Å². The van der Waals surface area contributed by atoms with Crippen molar-refractivity contribution in [1.82, 2.24) is 4.90 Å². The van der Waals surface area contributed by atoms with Crippen molar-refractivity contribution in [3.05, 3.63) is 34.4 Å². The topological polar surface area (TPSA) is 99.3 Å². The molecule has 2 rings (SSSR count). The standard InChI is InChI=1S/C17H22N4O3/c1-13(19-14-7-6-8-15(11-14)21(23)24)16(22)20(2)17(12-18)9-4-3-5-10-17/h6-8,11,13,19H,3-5,9-10H2,1-2H3/t13-/m0/s1. The molecule has 24 heavy (non-hydrogen) atoms. The van der Waals surface area contributed by atoms with Crippen molar-refractivity contribution in [1.29, 1.82) is 5.26 Å². The van der Waals surface area contributed by atoms with E-state index in [4.69, 9.17) is 0 Å². The molecule has 1 aromatic carbocycles. The first kappa shape index (κ1) is 17.7. The van der Waals surface area contributed by atoms with Crippen LogP contribution < -0.4 is 5.32 Å². The second-order valence-electron chi connectivity index (χ2n) is 6.27. The second kappa shape index (κ2) is 7.30. The van der Waals surface area contributed by atoms with Crippen molar-refractivity contribution < 1.29 is 9.72 Å². The molecule has 1 amide bonds. The van der Waals surface area contributed by atoms with Gasteiger partial charge in [0.1, 0.15) is 11.6 Å². The minimum Gasteiger partial charge on any atom is -0.374 e. The Labute approximate surface area is 141 Å². The second-order valence-corrected chi connectivity index (χ2v) is 6.27. The highest BCUT2D eigenvalue weighted by Crippen LogP contribution is 2.33. The predicted molar refractivity (Wildman–Crippen MR) is 90.4 cm³/mol. The van der Waals surface area contributed by atoms with Gasteiger partial charge in [0.2, 0.25) is 5.91 Å². The molecule has 0 radical (unpaired) electrons.